The molecule has 0 fully saturated rings. The van der Waals surface area contributed by atoms with E-state index in [9.17, 15) is 0 Å². The Labute approximate surface area is 124 Å². The first-order valence-electron chi connectivity index (χ1n) is 8.34. The van der Waals surface area contributed by atoms with E-state index >= 15 is 0 Å². The van der Waals surface area contributed by atoms with E-state index in [4.69, 9.17) is 0 Å². The highest BCUT2D eigenvalue weighted by Crippen LogP contribution is 2.31. The Morgan fingerprint density at radius 3 is 2.85 bits per heavy atom. The summed E-state index contributed by atoms with van der Waals surface area (Å²) in [5, 5.41) is 3.66. The van der Waals surface area contributed by atoms with E-state index in [0.29, 0.717) is 12.1 Å². The zero-order chi connectivity index (χ0) is 14.4. The molecule has 2 nitrogen and oxygen atoms in total. The van der Waals surface area contributed by atoms with Gasteiger partial charge in [0.05, 0.1) is 0 Å². The molecule has 0 saturated carbocycles. The van der Waals surface area contributed by atoms with E-state index in [2.05, 4.69) is 55.3 Å². The highest BCUT2D eigenvalue weighted by atomic mass is 15.2. The highest BCUT2D eigenvalue weighted by Gasteiger charge is 2.24. The molecule has 1 N–H and O–H groups in total. The first-order valence-corrected chi connectivity index (χ1v) is 8.34. The monoisotopic (exact) mass is 274 g/mol. The van der Waals surface area contributed by atoms with Crippen LogP contribution < -0.4 is 10.2 Å². The molecule has 20 heavy (non-hydrogen) atoms. The Balaban J connectivity index is 1.82. The summed E-state index contributed by atoms with van der Waals surface area (Å²) >= 11 is 0. The van der Waals surface area contributed by atoms with Crippen LogP contribution >= 0.6 is 0 Å². The predicted molar refractivity (Wildman–Crippen MR) is 88.6 cm³/mol. The first-order chi connectivity index (χ1) is 9.76. The molecule has 0 bridgehead atoms. The fraction of sp³-hybridized carbons (Fsp3) is 0.667. The molecule has 1 aromatic carbocycles. The van der Waals surface area contributed by atoms with Crippen LogP contribution in [0.2, 0.25) is 0 Å². The van der Waals surface area contributed by atoms with Crippen LogP contribution in [0.3, 0.4) is 0 Å². The van der Waals surface area contributed by atoms with Crippen LogP contribution in [0.15, 0.2) is 24.3 Å². The van der Waals surface area contributed by atoms with Gasteiger partial charge in [0.25, 0.3) is 0 Å². The number of rotatable bonds is 8. The van der Waals surface area contributed by atoms with Crippen molar-refractivity contribution >= 4 is 5.69 Å². The van der Waals surface area contributed by atoms with Gasteiger partial charge in [-0.15, -0.1) is 0 Å². The Bertz CT molecular complexity index is 402. The van der Waals surface area contributed by atoms with E-state index in [1.165, 1.54) is 49.9 Å². The van der Waals surface area contributed by atoms with Gasteiger partial charge in [0.15, 0.2) is 0 Å². The second-order valence-corrected chi connectivity index (χ2v) is 6.08. The molecule has 2 unspecified atom stereocenters. The molecule has 1 heterocycles. The van der Waals surface area contributed by atoms with Gasteiger partial charge < -0.3 is 10.2 Å². The van der Waals surface area contributed by atoms with Gasteiger partial charge in [-0.05, 0) is 57.2 Å². The lowest BCUT2D eigenvalue weighted by Gasteiger charge is -2.26. The van der Waals surface area contributed by atoms with Crippen molar-refractivity contribution in [2.75, 3.05) is 18.0 Å². The number of anilines is 1. The third-order valence-electron chi connectivity index (χ3n) is 4.48. The van der Waals surface area contributed by atoms with Gasteiger partial charge in [-0.1, -0.05) is 32.0 Å². The summed E-state index contributed by atoms with van der Waals surface area (Å²) in [5.74, 6) is 0. The Morgan fingerprint density at radius 1 is 1.30 bits per heavy atom. The van der Waals surface area contributed by atoms with Gasteiger partial charge in [0.1, 0.15) is 0 Å². The van der Waals surface area contributed by atoms with E-state index in [0.717, 1.165) is 6.54 Å². The topological polar surface area (TPSA) is 15.3 Å². The molecule has 0 aromatic heterocycles. The minimum absolute atomic E-state index is 0.663. The van der Waals surface area contributed by atoms with Gasteiger partial charge >= 0.3 is 0 Å². The standard InChI is InChI=1S/C18H30N2/c1-4-12-19-17(5-2)10-8-13-20-15(3)14-16-9-6-7-11-18(16)20/h6-7,9,11,15,17,19H,4-5,8,10,12-14H2,1-3H3. The summed E-state index contributed by atoms with van der Waals surface area (Å²) in [6, 6.07) is 10.3. The summed E-state index contributed by atoms with van der Waals surface area (Å²) in [6.07, 6.45) is 6.26. The van der Waals surface area contributed by atoms with Crippen molar-refractivity contribution in [1.82, 2.24) is 5.32 Å². The van der Waals surface area contributed by atoms with E-state index in [-0.39, 0.29) is 0 Å². The number of nitrogens with one attached hydrogen (secondary N) is 1. The third kappa shape index (κ3) is 3.76. The minimum atomic E-state index is 0.663. The number of nitrogens with zero attached hydrogens (tertiary/aromatic N) is 1. The molecule has 112 valence electrons. The molecule has 1 aliphatic rings. The summed E-state index contributed by atoms with van der Waals surface area (Å²) in [7, 11) is 0. The maximum atomic E-state index is 3.66. The van der Waals surface area contributed by atoms with Crippen molar-refractivity contribution in [3.8, 4) is 0 Å². The number of hydrogen-bond acceptors (Lipinski definition) is 2. The summed E-state index contributed by atoms with van der Waals surface area (Å²) in [6.45, 7) is 9.24. The number of benzene rings is 1. The fourth-order valence-corrected chi connectivity index (χ4v) is 3.28. The van der Waals surface area contributed by atoms with Crippen LogP contribution in [0, 0.1) is 0 Å². The molecule has 2 rings (SSSR count). The zero-order valence-electron chi connectivity index (χ0n) is 13.4. The summed E-state index contributed by atoms with van der Waals surface area (Å²) in [5.41, 5.74) is 2.99. The highest BCUT2D eigenvalue weighted by molar-refractivity contribution is 5.59. The quantitative estimate of drug-likeness (QED) is 0.771. The van der Waals surface area contributed by atoms with Crippen molar-refractivity contribution in [1.29, 1.82) is 0 Å². The van der Waals surface area contributed by atoms with Gasteiger partial charge in [-0.2, -0.15) is 0 Å². The average molecular weight is 274 g/mol. The van der Waals surface area contributed by atoms with Crippen molar-refractivity contribution in [2.24, 2.45) is 0 Å². The lowest BCUT2D eigenvalue weighted by atomic mass is 10.1. The van der Waals surface area contributed by atoms with Crippen molar-refractivity contribution in [3.63, 3.8) is 0 Å². The van der Waals surface area contributed by atoms with Crippen LogP contribution in [-0.2, 0) is 6.42 Å². The minimum Gasteiger partial charge on any atom is -0.368 e. The molecule has 2 heteroatoms. The van der Waals surface area contributed by atoms with Crippen molar-refractivity contribution in [3.05, 3.63) is 29.8 Å². The van der Waals surface area contributed by atoms with Gasteiger partial charge in [0, 0.05) is 24.3 Å². The molecule has 0 saturated heterocycles. The molecule has 1 aliphatic heterocycles. The fourth-order valence-electron chi connectivity index (χ4n) is 3.28. The van der Waals surface area contributed by atoms with Crippen LogP contribution in [0.5, 0.6) is 0 Å². The van der Waals surface area contributed by atoms with Crippen molar-refractivity contribution < 1.29 is 0 Å². The normalized spacial score (nSPS) is 19.1. The van der Waals surface area contributed by atoms with Crippen LogP contribution in [-0.4, -0.2) is 25.2 Å². The van der Waals surface area contributed by atoms with E-state index < -0.39 is 0 Å². The lowest BCUT2D eigenvalue weighted by Crippen LogP contribution is -2.33. The smallest absolute Gasteiger partial charge is 0.0402 e. The average Bonchev–Trinajstić information content (AvgIpc) is 2.78. The molecule has 0 radical (unpaired) electrons. The van der Waals surface area contributed by atoms with Gasteiger partial charge in [0.2, 0.25) is 0 Å². The Kier molecular flexibility index (Phi) is 5.90. The van der Waals surface area contributed by atoms with Crippen LogP contribution in [0.1, 0.15) is 52.0 Å². The maximum absolute atomic E-state index is 3.66. The van der Waals surface area contributed by atoms with Crippen LogP contribution in [0.25, 0.3) is 0 Å². The van der Waals surface area contributed by atoms with Gasteiger partial charge in [-0.25, -0.2) is 0 Å². The zero-order valence-corrected chi connectivity index (χ0v) is 13.4. The van der Waals surface area contributed by atoms with E-state index in [1.807, 2.05) is 0 Å². The summed E-state index contributed by atoms with van der Waals surface area (Å²) in [4.78, 5) is 2.60. The Hall–Kier alpha value is -1.02. The third-order valence-corrected chi connectivity index (χ3v) is 4.48. The maximum Gasteiger partial charge on any atom is 0.0402 e. The molecule has 1 aromatic rings. The van der Waals surface area contributed by atoms with Gasteiger partial charge in [-0.3, -0.25) is 0 Å². The van der Waals surface area contributed by atoms with Crippen molar-refractivity contribution in [2.45, 2.75) is 65.0 Å². The summed E-state index contributed by atoms with van der Waals surface area (Å²) < 4.78 is 0. The van der Waals surface area contributed by atoms with Crippen LogP contribution in [0.4, 0.5) is 5.69 Å². The first kappa shape index (κ1) is 15.4. The second-order valence-electron chi connectivity index (χ2n) is 6.08. The largest absolute Gasteiger partial charge is 0.368 e. The van der Waals surface area contributed by atoms with E-state index in [1.54, 1.807) is 0 Å². The molecule has 0 amide bonds. The molecular weight excluding hydrogens is 244 g/mol. The second kappa shape index (κ2) is 7.68. The lowest BCUT2D eigenvalue weighted by molar-refractivity contribution is 0.452. The number of para-hydroxylation sites is 1. The molecule has 0 spiro atoms. The molecular formula is C18H30N2. The number of fused-ring (bicyclic) bond motifs is 1. The molecule has 2 atom stereocenters. The Morgan fingerprint density at radius 2 is 2.10 bits per heavy atom. The molecule has 0 aliphatic carbocycles. The number of hydrogen-bond donors (Lipinski definition) is 1. The SMILES string of the molecule is CCCNC(CC)CCCN1c2ccccc2CC1C. The predicted octanol–water partition coefficient (Wildman–Crippen LogP) is 4.00.